The molecule has 7 nitrogen and oxygen atoms in total. The third kappa shape index (κ3) is 4.20. The van der Waals surface area contributed by atoms with E-state index in [0.717, 1.165) is 28.5 Å². The first-order valence-corrected chi connectivity index (χ1v) is 12.0. The van der Waals surface area contributed by atoms with E-state index in [4.69, 9.17) is 17.0 Å². The predicted molar refractivity (Wildman–Crippen MR) is 146 cm³/mol. The fourth-order valence-corrected chi connectivity index (χ4v) is 5.01. The van der Waals surface area contributed by atoms with Crippen LogP contribution in [0.25, 0.3) is 5.69 Å². The van der Waals surface area contributed by atoms with Gasteiger partial charge in [-0.3, -0.25) is 4.98 Å². The van der Waals surface area contributed by atoms with E-state index in [1.54, 1.807) is 12.3 Å². The number of carbonyl (C=O) groups is 1. The number of ether oxygens (including phenoxy) is 1. The summed E-state index contributed by atoms with van der Waals surface area (Å²) in [6.45, 7) is 0. The number of pyridine rings is 1. The third-order valence-electron chi connectivity index (χ3n) is 6.39. The Balaban J connectivity index is 1.66. The molecule has 0 radical (unpaired) electrons. The quantitative estimate of drug-likeness (QED) is 0.300. The molecule has 1 N–H and O–H groups in total. The summed E-state index contributed by atoms with van der Waals surface area (Å²) in [7, 11) is 5.43. The fraction of sp³-hybridized carbons (Fsp3) is 0.179. The Kier molecular flexibility index (Phi) is 6.43. The molecule has 1 saturated heterocycles. The number of anilines is 2. The molecule has 2 atom stereocenters. The SMILES string of the molecule is COC(=O)c1ccccc1-n1cccc1[C@H]1[C@H](c2ccccn2)NC(=S)N1c1ccc(N(C)C)cc1. The largest absolute Gasteiger partial charge is 0.465 e. The lowest BCUT2D eigenvalue weighted by molar-refractivity contribution is 0.0600. The standard InChI is InChI=1S/C28H27N5O2S/c1-31(2)19-13-15-20(16-14-19)33-26(25(30-28(33)36)22-10-6-7-17-29-22)24-12-8-18-32(24)23-11-5-4-9-21(23)27(34)35-3/h4-18,25-26H,1-3H3,(H,30,36)/t25-,26-/m0/s1. The van der Waals surface area contributed by atoms with Crippen LogP contribution in [0.4, 0.5) is 11.4 Å². The first-order valence-electron chi connectivity index (χ1n) is 11.6. The molecule has 0 bridgehead atoms. The number of hydrogen-bond acceptors (Lipinski definition) is 5. The smallest absolute Gasteiger partial charge is 0.339 e. The van der Waals surface area contributed by atoms with Gasteiger partial charge in [0.05, 0.1) is 30.1 Å². The lowest BCUT2D eigenvalue weighted by atomic mass is 10.0. The van der Waals surface area contributed by atoms with Gasteiger partial charge in [-0.05, 0) is 72.9 Å². The lowest BCUT2D eigenvalue weighted by Crippen LogP contribution is -2.30. The fourth-order valence-electron chi connectivity index (χ4n) is 4.67. The van der Waals surface area contributed by atoms with E-state index in [-0.39, 0.29) is 18.1 Å². The Labute approximate surface area is 215 Å². The zero-order chi connectivity index (χ0) is 25.2. The lowest BCUT2D eigenvalue weighted by Gasteiger charge is -2.29. The Morgan fingerprint density at radius 1 is 1.00 bits per heavy atom. The maximum Gasteiger partial charge on any atom is 0.339 e. The number of benzene rings is 2. The van der Waals surface area contributed by atoms with E-state index < -0.39 is 0 Å². The second-order valence-electron chi connectivity index (χ2n) is 8.72. The van der Waals surface area contributed by atoms with E-state index in [1.165, 1.54) is 7.11 Å². The Hall–Kier alpha value is -4.17. The minimum Gasteiger partial charge on any atom is -0.465 e. The van der Waals surface area contributed by atoms with Crippen molar-refractivity contribution in [3.05, 3.63) is 108 Å². The molecule has 5 rings (SSSR count). The topological polar surface area (TPSA) is 62.6 Å². The summed E-state index contributed by atoms with van der Waals surface area (Å²) in [6, 6.07) is 25.2. The van der Waals surface area contributed by atoms with Crippen molar-refractivity contribution in [2.45, 2.75) is 12.1 Å². The zero-order valence-corrected chi connectivity index (χ0v) is 21.1. The van der Waals surface area contributed by atoms with Gasteiger partial charge in [0.1, 0.15) is 6.04 Å². The second kappa shape index (κ2) is 9.83. The summed E-state index contributed by atoms with van der Waals surface area (Å²) in [5, 5.41) is 4.11. The van der Waals surface area contributed by atoms with Crippen LogP contribution in [-0.2, 0) is 4.74 Å². The molecule has 3 heterocycles. The summed E-state index contributed by atoms with van der Waals surface area (Å²) in [4.78, 5) is 21.4. The van der Waals surface area contributed by atoms with E-state index in [2.05, 4.69) is 50.4 Å². The average molecular weight is 498 g/mol. The molecule has 0 spiro atoms. The van der Waals surface area contributed by atoms with Crippen molar-refractivity contribution in [3.8, 4) is 5.69 Å². The highest BCUT2D eigenvalue weighted by Gasteiger charge is 2.42. The van der Waals surface area contributed by atoms with Crippen molar-refractivity contribution < 1.29 is 9.53 Å². The van der Waals surface area contributed by atoms with Gasteiger partial charge in [-0.1, -0.05) is 18.2 Å². The molecule has 1 fully saturated rings. The number of thiocarbonyl (C=S) groups is 1. The molecule has 0 aliphatic carbocycles. The van der Waals surface area contributed by atoms with Crippen LogP contribution in [0.3, 0.4) is 0 Å². The minimum absolute atomic E-state index is 0.203. The molecule has 0 unspecified atom stereocenters. The Morgan fingerprint density at radius 3 is 2.44 bits per heavy atom. The third-order valence-corrected chi connectivity index (χ3v) is 6.71. The predicted octanol–water partition coefficient (Wildman–Crippen LogP) is 4.90. The Morgan fingerprint density at radius 2 is 1.75 bits per heavy atom. The van der Waals surface area contributed by atoms with Gasteiger partial charge in [0.15, 0.2) is 5.11 Å². The maximum absolute atomic E-state index is 12.6. The average Bonchev–Trinajstić information content (AvgIpc) is 3.53. The van der Waals surface area contributed by atoms with Crippen molar-refractivity contribution in [3.63, 3.8) is 0 Å². The normalized spacial score (nSPS) is 17.1. The highest BCUT2D eigenvalue weighted by molar-refractivity contribution is 7.80. The number of nitrogens with one attached hydrogen (secondary N) is 1. The number of rotatable bonds is 6. The van der Waals surface area contributed by atoms with Crippen molar-refractivity contribution in [2.24, 2.45) is 0 Å². The molecule has 8 heteroatoms. The molecule has 0 saturated carbocycles. The van der Waals surface area contributed by atoms with Crippen molar-refractivity contribution in [1.82, 2.24) is 14.9 Å². The van der Waals surface area contributed by atoms with E-state index >= 15 is 0 Å². The number of carbonyl (C=O) groups excluding carboxylic acids is 1. The molecule has 4 aromatic rings. The van der Waals surface area contributed by atoms with Crippen molar-refractivity contribution in [1.29, 1.82) is 0 Å². The van der Waals surface area contributed by atoms with Crippen molar-refractivity contribution >= 4 is 34.7 Å². The number of aromatic nitrogens is 2. The molecule has 36 heavy (non-hydrogen) atoms. The second-order valence-corrected chi connectivity index (χ2v) is 9.11. The van der Waals surface area contributed by atoms with Crippen LogP contribution in [0.1, 0.15) is 33.8 Å². The maximum atomic E-state index is 12.6. The first kappa shape index (κ1) is 23.6. The minimum atomic E-state index is -0.386. The van der Waals surface area contributed by atoms with Crippen LogP contribution in [0.5, 0.6) is 0 Å². The number of hydrogen-bond donors (Lipinski definition) is 1. The van der Waals surface area contributed by atoms with Crippen LogP contribution >= 0.6 is 12.2 Å². The van der Waals surface area contributed by atoms with E-state index in [9.17, 15) is 4.79 Å². The van der Waals surface area contributed by atoms with E-state index in [1.807, 2.05) is 67.3 Å². The molecule has 2 aromatic heterocycles. The van der Waals surface area contributed by atoms with Crippen LogP contribution in [0.2, 0.25) is 0 Å². The Bertz CT molecular complexity index is 1380. The monoisotopic (exact) mass is 497 g/mol. The molecule has 1 aliphatic rings. The summed E-state index contributed by atoms with van der Waals surface area (Å²) in [6.07, 6.45) is 3.75. The number of esters is 1. The van der Waals surface area contributed by atoms with Crippen LogP contribution in [0, 0.1) is 0 Å². The number of para-hydroxylation sites is 1. The molecule has 182 valence electrons. The molecular formula is C28H27N5O2S. The van der Waals surface area contributed by atoms with Gasteiger partial charge < -0.3 is 24.4 Å². The van der Waals surface area contributed by atoms with Gasteiger partial charge in [0.25, 0.3) is 0 Å². The highest BCUT2D eigenvalue weighted by atomic mass is 32.1. The molecule has 0 amide bonds. The summed E-state index contributed by atoms with van der Waals surface area (Å²) in [5.41, 5.74) is 5.14. The van der Waals surface area contributed by atoms with Gasteiger partial charge in [-0.25, -0.2) is 4.79 Å². The molecule has 1 aliphatic heterocycles. The number of methoxy groups -OCH3 is 1. The van der Waals surface area contributed by atoms with E-state index in [0.29, 0.717) is 10.7 Å². The van der Waals surface area contributed by atoms with Gasteiger partial charge in [-0.2, -0.15) is 0 Å². The number of nitrogens with zero attached hydrogens (tertiary/aromatic N) is 4. The van der Waals surface area contributed by atoms with Crippen molar-refractivity contribution in [2.75, 3.05) is 31.0 Å². The van der Waals surface area contributed by atoms with Gasteiger partial charge in [0, 0.05) is 43.6 Å². The van der Waals surface area contributed by atoms with Gasteiger partial charge >= 0.3 is 5.97 Å². The molecular weight excluding hydrogens is 470 g/mol. The summed E-state index contributed by atoms with van der Waals surface area (Å²) >= 11 is 5.87. The first-order chi connectivity index (χ1) is 17.5. The highest BCUT2D eigenvalue weighted by Crippen LogP contribution is 2.42. The van der Waals surface area contributed by atoms with Crippen LogP contribution < -0.4 is 15.1 Å². The van der Waals surface area contributed by atoms with Gasteiger partial charge in [-0.15, -0.1) is 0 Å². The van der Waals surface area contributed by atoms with Gasteiger partial charge in [0.2, 0.25) is 0 Å². The van der Waals surface area contributed by atoms with Crippen LogP contribution in [0.15, 0.2) is 91.3 Å². The summed E-state index contributed by atoms with van der Waals surface area (Å²) < 4.78 is 7.09. The molecule has 2 aromatic carbocycles. The van der Waals surface area contributed by atoms with Crippen LogP contribution in [-0.4, -0.2) is 41.8 Å². The summed E-state index contributed by atoms with van der Waals surface area (Å²) in [5.74, 6) is -0.386. The zero-order valence-electron chi connectivity index (χ0n) is 20.3.